The van der Waals surface area contributed by atoms with Crippen LogP contribution in [0.2, 0.25) is 0 Å². The van der Waals surface area contributed by atoms with Crippen LogP contribution in [0.25, 0.3) is 10.2 Å². The number of benzene rings is 2. The van der Waals surface area contributed by atoms with Crippen LogP contribution in [0.5, 0.6) is 0 Å². The number of rotatable bonds is 4. The van der Waals surface area contributed by atoms with E-state index >= 15 is 0 Å². The zero-order chi connectivity index (χ0) is 15.5. The number of nitrogens with zero attached hydrogens (tertiary/aromatic N) is 1. The number of amides is 1. The number of anilines is 1. The van der Waals surface area contributed by atoms with Crippen molar-refractivity contribution in [3.8, 4) is 0 Å². The Morgan fingerprint density at radius 1 is 1.27 bits per heavy atom. The minimum Gasteiger partial charge on any atom is -0.322 e. The molecular weight excluding hydrogens is 292 g/mol. The Kier molecular flexibility index (Phi) is 4.20. The number of para-hydroxylation sites is 1. The molecule has 1 N–H and O–H groups in total. The molecule has 0 saturated heterocycles. The summed E-state index contributed by atoms with van der Waals surface area (Å²) in [5.41, 5.74) is 5.46. The number of nitrogens with one attached hydrogen (secondary N) is 1. The standard InChI is InChI=1S/C18H18N2OS/c1-3-12(2)14-6-4-5-7-15(14)20-18(21)13-8-9-16-17(10-13)22-11-19-16/h4-12H,3H2,1-2H3,(H,20,21). The minimum absolute atomic E-state index is 0.0777. The van der Waals surface area contributed by atoms with E-state index in [-0.39, 0.29) is 5.91 Å². The molecule has 3 rings (SSSR count). The van der Waals surface area contributed by atoms with Crippen LogP contribution in [-0.2, 0) is 0 Å². The highest BCUT2D eigenvalue weighted by molar-refractivity contribution is 7.16. The third-order valence-electron chi connectivity index (χ3n) is 3.95. The zero-order valence-corrected chi connectivity index (χ0v) is 13.5. The maximum Gasteiger partial charge on any atom is 0.255 e. The molecule has 0 spiro atoms. The van der Waals surface area contributed by atoms with E-state index in [0.717, 1.165) is 22.3 Å². The molecule has 112 valence electrons. The smallest absolute Gasteiger partial charge is 0.255 e. The van der Waals surface area contributed by atoms with E-state index in [4.69, 9.17) is 0 Å². The SMILES string of the molecule is CCC(C)c1ccccc1NC(=O)c1ccc2ncsc2c1. The van der Waals surface area contributed by atoms with Crippen LogP contribution in [-0.4, -0.2) is 10.9 Å². The summed E-state index contributed by atoms with van der Waals surface area (Å²) in [5, 5.41) is 3.04. The Morgan fingerprint density at radius 3 is 2.91 bits per heavy atom. The fraction of sp³-hybridized carbons (Fsp3) is 0.222. The van der Waals surface area contributed by atoms with Crippen molar-refractivity contribution in [2.24, 2.45) is 0 Å². The number of fused-ring (bicyclic) bond motifs is 1. The summed E-state index contributed by atoms with van der Waals surface area (Å²) >= 11 is 1.55. The Labute approximate surface area is 134 Å². The Morgan fingerprint density at radius 2 is 2.09 bits per heavy atom. The summed E-state index contributed by atoms with van der Waals surface area (Å²) in [7, 11) is 0. The summed E-state index contributed by atoms with van der Waals surface area (Å²) in [6.45, 7) is 4.33. The topological polar surface area (TPSA) is 42.0 Å². The molecule has 3 nitrogen and oxygen atoms in total. The van der Waals surface area contributed by atoms with Gasteiger partial charge in [-0.05, 0) is 42.2 Å². The fourth-order valence-corrected chi connectivity index (χ4v) is 3.17. The van der Waals surface area contributed by atoms with Crippen molar-refractivity contribution >= 4 is 33.1 Å². The van der Waals surface area contributed by atoms with Gasteiger partial charge in [0.25, 0.3) is 5.91 Å². The van der Waals surface area contributed by atoms with Gasteiger partial charge in [-0.1, -0.05) is 32.0 Å². The lowest BCUT2D eigenvalue weighted by Crippen LogP contribution is -2.13. The van der Waals surface area contributed by atoms with Crippen molar-refractivity contribution in [1.29, 1.82) is 0 Å². The molecule has 1 atom stereocenters. The molecule has 4 heteroatoms. The molecular formula is C18H18N2OS. The highest BCUT2D eigenvalue weighted by Gasteiger charge is 2.13. The third-order valence-corrected chi connectivity index (χ3v) is 4.74. The molecule has 0 saturated carbocycles. The normalized spacial score (nSPS) is 12.3. The summed E-state index contributed by atoms with van der Waals surface area (Å²) in [4.78, 5) is 16.8. The van der Waals surface area contributed by atoms with E-state index in [1.54, 1.807) is 16.8 Å². The van der Waals surface area contributed by atoms with Gasteiger partial charge in [-0.3, -0.25) is 4.79 Å². The summed E-state index contributed by atoms with van der Waals surface area (Å²) < 4.78 is 1.03. The monoisotopic (exact) mass is 310 g/mol. The molecule has 0 aliphatic rings. The molecule has 0 fully saturated rings. The van der Waals surface area contributed by atoms with Gasteiger partial charge in [0.05, 0.1) is 15.7 Å². The predicted octanol–water partition coefficient (Wildman–Crippen LogP) is 5.06. The van der Waals surface area contributed by atoms with Gasteiger partial charge in [0.15, 0.2) is 0 Å². The van der Waals surface area contributed by atoms with Gasteiger partial charge in [-0.2, -0.15) is 0 Å². The van der Waals surface area contributed by atoms with Crippen molar-refractivity contribution in [3.63, 3.8) is 0 Å². The van der Waals surface area contributed by atoms with Crippen molar-refractivity contribution < 1.29 is 4.79 Å². The molecule has 22 heavy (non-hydrogen) atoms. The van der Waals surface area contributed by atoms with Crippen LogP contribution in [0.1, 0.15) is 42.1 Å². The number of carbonyl (C=O) groups is 1. The van der Waals surface area contributed by atoms with Gasteiger partial charge in [0.1, 0.15) is 0 Å². The first kappa shape index (κ1) is 14.7. The fourth-order valence-electron chi connectivity index (χ4n) is 2.45. The van der Waals surface area contributed by atoms with Gasteiger partial charge < -0.3 is 5.32 Å². The molecule has 1 unspecified atom stereocenters. The van der Waals surface area contributed by atoms with E-state index in [0.29, 0.717) is 11.5 Å². The number of thiazole rings is 1. The first-order valence-electron chi connectivity index (χ1n) is 7.42. The molecule has 1 amide bonds. The van der Waals surface area contributed by atoms with Crippen LogP contribution < -0.4 is 5.32 Å². The van der Waals surface area contributed by atoms with Crippen LogP contribution in [0.3, 0.4) is 0 Å². The van der Waals surface area contributed by atoms with E-state index in [1.165, 1.54) is 5.56 Å². The molecule has 1 heterocycles. The maximum atomic E-state index is 12.5. The average molecular weight is 310 g/mol. The molecule has 3 aromatic rings. The second-order valence-electron chi connectivity index (χ2n) is 5.39. The number of carbonyl (C=O) groups excluding carboxylic acids is 1. The van der Waals surface area contributed by atoms with Gasteiger partial charge >= 0.3 is 0 Å². The maximum absolute atomic E-state index is 12.5. The Hall–Kier alpha value is -2.20. The first-order valence-corrected chi connectivity index (χ1v) is 8.30. The quantitative estimate of drug-likeness (QED) is 0.731. The molecule has 2 aromatic carbocycles. The lowest BCUT2D eigenvalue weighted by molar-refractivity contribution is 0.102. The van der Waals surface area contributed by atoms with Gasteiger partial charge in [-0.15, -0.1) is 11.3 Å². The van der Waals surface area contributed by atoms with E-state index in [1.807, 2.05) is 36.4 Å². The van der Waals surface area contributed by atoms with Crippen LogP contribution in [0.15, 0.2) is 48.0 Å². The molecule has 0 radical (unpaired) electrons. The van der Waals surface area contributed by atoms with Crippen molar-refractivity contribution in [3.05, 3.63) is 59.1 Å². The molecule has 1 aromatic heterocycles. The molecule has 0 aliphatic carbocycles. The minimum atomic E-state index is -0.0777. The van der Waals surface area contributed by atoms with Crippen LogP contribution >= 0.6 is 11.3 Å². The second kappa shape index (κ2) is 6.28. The van der Waals surface area contributed by atoms with Crippen molar-refractivity contribution in [2.75, 3.05) is 5.32 Å². The number of hydrogen-bond donors (Lipinski definition) is 1. The molecule has 0 aliphatic heterocycles. The summed E-state index contributed by atoms with van der Waals surface area (Å²) in [5.74, 6) is 0.339. The van der Waals surface area contributed by atoms with Crippen LogP contribution in [0, 0.1) is 0 Å². The Balaban J connectivity index is 1.88. The van der Waals surface area contributed by atoms with Crippen LogP contribution in [0.4, 0.5) is 5.69 Å². The highest BCUT2D eigenvalue weighted by atomic mass is 32.1. The highest BCUT2D eigenvalue weighted by Crippen LogP contribution is 2.27. The van der Waals surface area contributed by atoms with E-state index < -0.39 is 0 Å². The van der Waals surface area contributed by atoms with E-state index in [9.17, 15) is 4.79 Å². The Bertz CT molecular complexity index is 809. The van der Waals surface area contributed by atoms with Gasteiger partial charge in [0.2, 0.25) is 0 Å². The third kappa shape index (κ3) is 2.88. The van der Waals surface area contributed by atoms with Gasteiger partial charge in [-0.25, -0.2) is 4.98 Å². The van der Waals surface area contributed by atoms with Gasteiger partial charge in [0, 0.05) is 11.3 Å². The second-order valence-corrected chi connectivity index (χ2v) is 6.27. The lowest BCUT2D eigenvalue weighted by Gasteiger charge is -2.15. The average Bonchev–Trinajstić information content (AvgIpc) is 3.02. The van der Waals surface area contributed by atoms with Crippen molar-refractivity contribution in [2.45, 2.75) is 26.2 Å². The number of aromatic nitrogens is 1. The predicted molar refractivity (Wildman–Crippen MR) is 92.7 cm³/mol. The summed E-state index contributed by atoms with van der Waals surface area (Å²) in [6, 6.07) is 13.6. The largest absolute Gasteiger partial charge is 0.322 e. The van der Waals surface area contributed by atoms with E-state index in [2.05, 4.69) is 30.2 Å². The number of hydrogen-bond acceptors (Lipinski definition) is 3. The zero-order valence-electron chi connectivity index (χ0n) is 12.7. The van der Waals surface area contributed by atoms with Crippen molar-refractivity contribution in [1.82, 2.24) is 4.98 Å². The lowest BCUT2D eigenvalue weighted by atomic mass is 9.97. The summed E-state index contributed by atoms with van der Waals surface area (Å²) in [6.07, 6.45) is 1.04. The first-order chi connectivity index (χ1) is 10.7. The molecule has 0 bridgehead atoms.